The van der Waals surface area contributed by atoms with Crippen LogP contribution in [0.3, 0.4) is 0 Å². The van der Waals surface area contributed by atoms with Crippen molar-refractivity contribution in [2.24, 2.45) is 0 Å². The van der Waals surface area contributed by atoms with Crippen LogP contribution in [-0.2, 0) is 32.3 Å². The zero-order valence-corrected chi connectivity index (χ0v) is 16.4. The number of ether oxygens (including phenoxy) is 2. The number of hydrogen-bond donors (Lipinski definition) is 0. The molecule has 0 bridgehead atoms. The Hall–Kier alpha value is -1.16. The van der Waals surface area contributed by atoms with E-state index in [1.807, 2.05) is 48.5 Å². The third kappa shape index (κ3) is 6.86. The molecule has 0 atom stereocenters. The maximum atomic E-state index is 11.6. The molecule has 23 heavy (non-hydrogen) atoms. The predicted molar refractivity (Wildman–Crippen MR) is 103 cm³/mol. The Morgan fingerprint density at radius 1 is 0.696 bits per heavy atom. The van der Waals surface area contributed by atoms with E-state index in [-0.39, 0.29) is 19.6 Å². The molecule has 2 rings (SSSR count). The van der Waals surface area contributed by atoms with Crippen LogP contribution in [0.4, 0.5) is 0 Å². The second kappa shape index (κ2) is 9.21. The van der Waals surface area contributed by atoms with Gasteiger partial charge in [-0.15, -0.1) is 0 Å². The molecule has 0 aliphatic heterocycles. The van der Waals surface area contributed by atoms with Crippen LogP contribution in [0.1, 0.15) is 17.5 Å². The molecule has 2 aromatic carbocycles. The number of rotatable bonds is 6. The van der Waals surface area contributed by atoms with Crippen molar-refractivity contribution in [3.05, 3.63) is 66.8 Å². The van der Waals surface area contributed by atoms with Crippen LogP contribution in [0, 0.1) is 7.14 Å². The van der Waals surface area contributed by atoms with Crippen LogP contribution in [0.2, 0.25) is 0 Å². The molecule has 0 fully saturated rings. The second-order valence-electron chi connectivity index (χ2n) is 4.75. The van der Waals surface area contributed by atoms with Crippen molar-refractivity contribution < 1.29 is 19.1 Å². The van der Waals surface area contributed by atoms with Crippen LogP contribution in [-0.4, -0.2) is 11.9 Å². The highest BCUT2D eigenvalue weighted by molar-refractivity contribution is 14.1. The number of hydrogen-bond acceptors (Lipinski definition) is 4. The van der Waals surface area contributed by atoms with Gasteiger partial charge >= 0.3 is 11.9 Å². The van der Waals surface area contributed by atoms with E-state index in [0.717, 1.165) is 18.3 Å². The lowest BCUT2D eigenvalue weighted by Gasteiger charge is -2.06. The Bertz CT molecular complexity index is 606. The minimum atomic E-state index is -0.587. The summed E-state index contributed by atoms with van der Waals surface area (Å²) in [5, 5.41) is 0. The molecule has 120 valence electrons. The zero-order chi connectivity index (χ0) is 16.7. The first kappa shape index (κ1) is 18.2. The first-order chi connectivity index (χ1) is 11.0. The van der Waals surface area contributed by atoms with E-state index in [1.54, 1.807) is 0 Å². The topological polar surface area (TPSA) is 52.6 Å². The fourth-order valence-corrected chi connectivity index (χ4v) is 2.43. The number of carbonyl (C=O) groups is 2. The molecule has 0 aromatic heterocycles. The SMILES string of the molecule is O=C(CC(=O)OCc1ccc(I)cc1)OCc1ccc(I)cc1. The number of benzene rings is 2. The molecule has 0 aliphatic carbocycles. The Morgan fingerprint density at radius 3 is 1.39 bits per heavy atom. The molecule has 4 nitrogen and oxygen atoms in total. The highest BCUT2D eigenvalue weighted by atomic mass is 127. The fraction of sp³-hybridized carbons (Fsp3) is 0.176. The monoisotopic (exact) mass is 536 g/mol. The highest BCUT2D eigenvalue weighted by Crippen LogP contribution is 2.10. The lowest BCUT2D eigenvalue weighted by molar-refractivity contribution is -0.156. The normalized spacial score (nSPS) is 10.2. The molecule has 0 radical (unpaired) electrons. The summed E-state index contributed by atoms with van der Waals surface area (Å²) in [7, 11) is 0. The standard InChI is InChI=1S/C17H14I2O4/c18-14-5-1-12(2-6-14)10-22-16(20)9-17(21)23-11-13-3-7-15(19)8-4-13/h1-8H,9-11H2. The molecular weight excluding hydrogens is 522 g/mol. The van der Waals surface area contributed by atoms with Crippen molar-refractivity contribution >= 4 is 57.1 Å². The van der Waals surface area contributed by atoms with Crippen LogP contribution in [0.5, 0.6) is 0 Å². The summed E-state index contributed by atoms with van der Waals surface area (Å²) in [4.78, 5) is 23.2. The summed E-state index contributed by atoms with van der Waals surface area (Å²) in [5.74, 6) is -1.17. The molecule has 0 saturated heterocycles. The summed E-state index contributed by atoms with van der Waals surface area (Å²) in [6.45, 7) is 0.306. The van der Waals surface area contributed by atoms with Gasteiger partial charge in [-0.1, -0.05) is 24.3 Å². The van der Waals surface area contributed by atoms with Crippen LogP contribution in [0.25, 0.3) is 0 Å². The maximum Gasteiger partial charge on any atom is 0.317 e. The minimum Gasteiger partial charge on any atom is -0.460 e. The van der Waals surface area contributed by atoms with Gasteiger partial charge in [0.15, 0.2) is 0 Å². The second-order valence-corrected chi connectivity index (χ2v) is 7.24. The van der Waals surface area contributed by atoms with Gasteiger partial charge in [0.25, 0.3) is 0 Å². The van der Waals surface area contributed by atoms with Crippen molar-refractivity contribution in [2.45, 2.75) is 19.6 Å². The van der Waals surface area contributed by atoms with E-state index in [1.165, 1.54) is 0 Å². The molecular formula is C17H14I2O4. The third-order valence-corrected chi connectivity index (χ3v) is 4.35. The lowest BCUT2D eigenvalue weighted by Crippen LogP contribution is -2.13. The van der Waals surface area contributed by atoms with Crippen molar-refractivity contribution in [1.29, 1.82) is 0 Å². The number of carbonyl (C=O) groups excluding carboxylic acids is 2. The maximum absolute atomic E-state index is 11.6. The average Bonchev–Trinajstić information content (AvgIpc) is 2.54. The van der Waals surface area contributed by atoms with Crippen molar-refractivity contribution in [2.75, 3.05) is 0 Å². The van der Waals surface area contributed by atoms with Gasteiger partial charge in [0.05, 0.1) is 0 Å². The Balaban J connectivity index is 1.70. The van der Waals surface area contributed by atoms with Crippen LogP contribution < -0.4 is 0 Å². The van der Waals surface area contributed by atoms with Gasteiger partial charge in [0.2, 0.25) is 0 Å². The van der Waals surface area contributed by atoms with E-state index in [2.05, 4.69) is 45.2 Å². The molecule has 0 N–H and O–H groups in total. The minimum absolute atomic E-state index is 0.153. The van der Waals surface area contributed by atoms with E-state index >= 15 is 0 Å². The molecule has 0 aliphatic rings. The first-order valence-corrected chi connectivity index (χ1v) is 8.99. The summed E-state index contributed by atoms with van der Waals surface area (Å²) < 4.78 is 12.3. The summed E-state index contributed by atoms with van der Waals surface area (Å²) in [6, 6.07) is 15.2. The van der Waals surface area contributed by atoms with Gasteiger partial charge in [-0.3, -0.25) is 9.59 Å². The van der Waals surface area contributed by atoms with Gasteiger partial charge in [-0.05, 0) is 80.6 Å². The average molecular weight is 536 g/mol. The molecule has 0 heterocycles. The van der Waals surface area contributed by atoms with Crippen molar-refractivity contribution in [1.82, 2.24) is 0 Å². The van der Waals surface area contributed by atoms with Crippen LogP contribution >= 0.6 is 45.2 Å². The van der Waals surface area contributed by atoms with Gasteiger partial charge in [0, 0.05) is 7.14 Å². The Kier molecular flexibility index (Phi) is 7.28. The first-order valence-electron chi connectivity index (χ1n) is 6.83. The Labute approximate surface area is 161 Å². The van der Waals surface area contributed by atoms with Crippen LogP contribution in [0.15, 0.2) is 48.5 Å². The van der Waals surface area contributed by atoms with E-state index in [4.69, 9.17) is 9.47 Å². The predicted octanol–water partition coefficient (Wildman–Crippen LogP) is 4.07. The van der Waals surface area contributed by atoms with Gasteiger partial charge < -0.3 is 9.47 Å². The van der Waals surface area contributed by atoms with Crippen molar-refractivity contribution in [3.63, 3.8) is 0 Å². The largest absolute Gasteiger partial charge is 0.460 e. The summed E-state index contributed by atoms with van der Waals surface area (Å²) in [6.07, 6.45) is -0.380. The highest BCUT2D eigenvalue weighted by Gasteiger charge is 2.12. The molecule has 0 spiro atoms. The number of halogens is 2. The molecule has 6 heteroatoms. The fourth-order valence-electron chi connectivity index (χ4n) is 1.71. The molecule has 0 saturated carbocycles. The van der Waals surface area contributed by atoms with Gasteiger partial charge in [0.1, 0.15) is 19.6 Å². The smallest absolute Gasteiger partial charge is 0.317 e. The molecule has 2 aromatic rings. The van der Waals surface area contributed by atoms with E-state index in [9.17, 15) is 9.59 Å². The summed E-state index contributed by atoms with van der Waals surface area (Å²) in [5.41, 5.74) is 1.76. The van der Waals surface area contributed by atoms with Gasteiger partial charge in [-0.25, -0.2) is 0 Å². The molecule has 0 amide bonds. The van der Waals surface area contributed by atoms with E-state index in [0.29, 0.717) is 0 Å². The Morgan fingerprint density at radius 2 is 1.04 bits per heavy atom. The lowest BCUT2D eigenvalue weighted by atomic mass is 10.2. The summed E-state index contributed by atoms with van der Waals surface area (Å²) >= 11 is 4.40. The molecule has 0 unspecified atom stereocenters. The van der Waals surface area contributed by atoms with Crippen molar-refractivity contribution in [3.8, 4) is 0 Å². The zero-order valence-electron chi connectivity index (χ0n) is 12.1. The van der Waals surface area contributed by atoms with Gasteiger partial charge in [-0.2, -0.15) is 0 Å². The number of esters is 2. The van der Waals surface area contributed by atoms with E-state index < -0.39 is 11.9 Å². The third-order valence-electron chi connectivity index (χ3n) is 2.91. The quantitative estimate of drug-likeness (QED) is 0.318.